The third kappa shape index (κ3) is 3.03. The maximum absolute atomic E-state index is 10.0. The molecular formula is C11H11ClO. The fourth-order valence-corrected chi connectivity index (χ4v) is 1.15. The summed E-state index contributed by atoms with van der Waals surface area (Å²) in [6.45, 7) is 1.96. The van der Waals surface area contributed by atoms with E-state index >= 15 is 0 Å². The molecule has 0 radical (unpaired) electrons. The highest BCUT2D eigenvalue weighted by atomic mass is 35.5. The molecule has 1 rings (SSSR count). The van der Waals surface area contributed by atoms with Crippen LogP contribution in [0.2, 0.25) is 5.02 Å². The van der Waals surface area contributed by atoms with Crippen LogP contribution in [-0.4, -0.2) is 6.29 Å². The van der Waals surface area contributed by atoms with Gasteiger partial charge in [-0.15, -0.1) is 0 Å². The molecular weight excluding hydrogens is 184 g/mol. The smallest absolute Gasteiger partial charge is 0.123 e. The number of aldehydes is 1. The Morgan fingerprint density at radius 2 is 2.23 bits per heavy atom. The van der Waals surface area contributed by atoms with Crippen LogP contribution in [0.5, 0.6) is 0 Å². The molecule has 1 aromatic rings. The van der Waals surface area contributed by atoms with Gasteiger partial charge in [0.05, 0.1) is 0 Å². The topological polar surface area (TPSA) is 17.1 Å². The maximum atomic E-state index is 10.0. The number of hydrogen-bond donors (Lipinski definition) is 0. The molecule has 0 saturated heterocycles. The lowest BCUT2D eigenvalue weighted by Gasteiger charge is -1.98. The van der Waals surface area contributed by atoms with E-state index in [9.17, 15) is 4.79 Å². The van der Waals surface area contributed by atoms with Crippen molar-refractivity contribution in [2.75, 3.05) is 0 Å². The van der Waals surface area contributed by atoms with E-state index in [0.717, 1.165) is 22.4 Å². The summed E-state index contributed by atoms with van der Waals surface area (Å²) in [6, 6.07) is 5.78. The molecule has 0 aliphatic carbocycles. The second-order valence-electron chi connectivity index (χ2n) is 2.81. The average Bonchev–Trinajstić information content (AvgIpc) is 2.12. The SMILES string of the molecule is Cc1cc(C=CCC=O)ccc1Cl. The van der Waals surface area contributed by atoms with Crippen LogP contribution >= 0.6 is 11.6 Å². The second kappa shape index (κ2) is 4.83. The summed E-state index contributed by atoms with van der Waals surface area (Å²) in [6.07, 6.45) is 5.08. The predicted molar refractivity (Wildman–Crippen MR) is 55.9 cm³/mol. The van der Waals surface area contributed by atoms with Crippen molar-refractivity contribution in [1.29, 1.82) is 0 Å². The fourth-order valence-electron chi connectivity index (χ4n) is 1.03. The van der Waals surface area contributed by atoms with E-state index in [4.69, 9.17) is 11.6 Å². The van der Waals surface area contributed by atoms with Gasteiger partial charge in [0, 0.05) is 11.4 Å². The van der Waals surface area contributed by atoms with E-state index in [-0.39, 0.29) is 0 Å². The molecule has 0 bridgehead atoms. The Hall–Kier alpha value is -1.08. The van der Waals surface area contributed by atoms with Gasteiger partial charge >= 0.3 is 0 Å². The van der Waals surface area contributed by atoms with Crippen molar-refractivity contribution in [1.82, 2.24) is 0 Å². The number of benzene rings is 1. The Morgan fingerprint density at radius 1 is 1.46 bits per heavy atom. The minimum atomic E-state index is 0.460. The third-order valence-electron chi connectivity index (χ3n) is 1.72. The number of hydrogen-bond acceptors (Lipinski definition) is 1. The van der Waals surface area contributed by atoms with Gasteiger partial charge in [-0.3, -0.25) is 0 Å². The highest BCUT2D eigenvalue weighted by Gasteiger charge is 1.93. The molecule has 0 heterocycles. The van der Waals surface area contributed by atoms with Crippen molar-refractivity contribution in [3.05, 3.63) is 40.4 Å². The minimum absolute atomic E-state index is 0.460. The number of rotatable bonds is 3. The minimum Gasteiger partial charge on any atom is -0.303 e. The zero-order valence-electron chi connectivity index (χ0n) is 7.46. The number of carbonyl (C=O) groups is 1. The first-order chi connectivity index (χ1) is 6.24. The zero-order chi connectivity index (χ0) is 9.68. The van der Waals surface area contributed by atoms with Gasteiger partial charge in [-0.2, -0.15) is 0 Å². The van der Waals surface area contributed by atoms with Gasteiger partial charge in [-0.1, -0.05) is 35.9 Å². The summed E-state index contributed by atoms with van der Waals surface area (Å²) < 4.78 is 0. The fraction of sp³-hybridized carbons (Fsp3) is 0.182. The molecule has 0 amide bonds. The Morgan fingerprint density at radius 3 is 2.85 bits per heavy atom. The number of carbonyl (C=O) groups excluding carboxylic acids is 1. The summed E-state index contributed by atoms with van der Waals surface area (Å²) in [5, 5.41) is 0.771. The monoisotopic (exact) mass is 194 g/mol. The quantitative estimate of drug-likeness (QED) is 0.676. The van der Waals surface area contributed by atoms with Crippen LogP contribution in [-0.2, 0) is 4.79 Å². The van der Waals surface area contributed by atoms with Crippen LogP contribution in [0.3, 0.4) is 0 Å². The van der Waals surface area contributed by atoms with Crippen LogP contribution in [0.4, 0.5) is 0 Å². The Kier molecular flexibility index (Phi) is 3.71. The van der Waals surface area contributed by atoms with Crippen LogP contribution in [0, 0.1) is 6.92 Å². The molecule has 0 N–H and O–H groups in total. The summed E-state index contributed by atoms with van der Waals surface area (Å²) in [7, 11) is 0. The van der Waals surface area contributed by atoms with E-state index in [1.807, 2.05) is 37.3 Å². The van der Waals surface area contributed by atoms with Crippen molar-refractivity contribution in [2.24, 2.45) is 0 Å². The van der Waals surface area contributed by atoms with E-state index in [2.05, 4.69) is 0 Å². The van der Waals surface area contributed by atoms with E-state index < -0.39 is 0 Å². The molecule has 0 aromatic heterocycles. The molecule has 0 fully saturated rings. The highest BCUT2D eigenvalue weighted by molar-refractivity contribution is 6.31. The van der Waals surface area contributed by atoms with Crippen LogP contribution in [0.1, 0.15) is 17.5 Å². The van der Waals surface area contributed by atoms with E-state index in [1.54, 1.807) is 0 Å². The molecule has 0 unspecified atom stereocenters. The molecule has 0 atom stereocenters. The Bertz CT molecular complexity index is 329. The van der Waals surface area contributed by atoms with E-state index in [1.165, 1.54) is 0 Å². The van der Waals surface area contributed by atoms with Crippen molar-refractivity contribution in [3.63, 3.8) is 0 Å². The first-order valence-electron chi connectivity index (χ1n) is 4.10. The number of halogens is 1. The van der Waals surface area contributed by atoms with Crippen molar-refractivity contribution in [2.45, 2.75) is 13.3 Å². The van der Waals surface area contributed by atoms with Crippen molar-refractivity contribution in [3.8, 4) is 0 Å². The largest absolute Gasteiger partial charge is 0.303 e. The summed E-state index contributed by atoms with van der Waals surface area (Å²) in [4.78, 5) is 10.0. The molecule has 1 aromatic carbocycles. The molecule has 1 nitrogen and oxygen atoms in total. The van der Waals surface area contributed by atoms with Crippen LogP contribution in [0.25, 0.3) is 6.08 Å². The third-order valence-corrected chi connectivity index (χ3v) is 2.15. The van der Waals surface area contributed by atoms with Gasteiger partial charge < -0.3 is 4.79 Å². The van der Waals surface area contributed by atoms with Crippen molar-refractivity contribution >= 4 is 24.0 Å². The molecule has 0 saturated carbocycles. The number of allylic oxidation sites excluding steroid dienone is 1. The van der Waals surface area contributed by atoms with Gasteiger partial charge in [0.2, 0.25) is 0 Å². The standard InChI is InChI=1S/C11H11ClO/c1-9-8-10(4-2-3-7-13)5-6-11(9)12/h2,4-8H,3H2,1H3. The first-order valence-corrected chi connectivity index (χ1v) is 4.48. The molecule has 0 aliphatic heterocycles. The maximum Gasteiger partial charge on any atom is 0.123 e. The lowest BCUT2D eigenvalue weighted by Crippen LogP contribution is -1.77. The predicted octanol–water partition coefficient (Wildman–Crippen LogP) is 3.25. The Labute approximate surface area is 83.0 Å². The van der Waals surface area contributed by atoms with Crippen LogP contribution < -0.4 is 0 Å². The van der Waals surface area contributed by atoms with Gasteiger partial charge in [-0.25, -0.2) is 0 Å². The average molecular weight is 195 g/mol. The highest BCUT2D eigenvalue weighted by Crippen LogP contribution is 2.16. The molecule has 68 valence electrons. The Balaban J connectivity index is 2.79. The van der Waals surface area contributed by atoms with Gasteiger partial charge in [0.25, 0.3) is 0 Å². The van der Waals surface area contributed by atoms with Crippen LogP contribution in [0.15, 0.2) is 24.3 Å². The summed E-state index contributed by atoms with van der Waals surface area (Å²) in [5.41, 5.74) is 2.12. The zero-order valence-corrected chi connectivity index (χ0v) is 8.21. The molecule has 2 heteroatoms. The summed E-state index contributed by atoms with van der Waals surface area (Å²) in [5.74, 6) is 0. The normalized spacial score (nSPS) is 10.6. The molecule has 0 aliphatic rings. The second-order valence-corrected chi connectivity index (χ2v) is 3.22. The van der Waals surface area contributed by atoms with Crippen molar-refractivity contribution < 1.29 is 4.79 Å². The lowest BCUT2D eigenvalue weighted by molar-refractivity contribution is -0.107. The van der Waals surface area contributed by atoms with E-state index in [0.29, 0.717) is 6.42 Å². The summed E-state index contributed by atoms with van der Waals surface area (Å²) >= 11 is 5.86. The van der Waals surface area contributed by atoms with Gasteiger partial charge in [0.15, 0.2) is 0 Å². The van der Waals surface area contributed by atoms with Gasteiger partial charge in [0.1, 0.15) is 6.29 Å². The van der Waals surface area contributed by atoms with Gasteiger partial charge in [-0.05, 0) is 24.1 Å². The molecule has 0 spiro atoms. The lowest BCUT2D eigenvalue weighted by atomic mass is 10.1. The number of aryl methyl sites for hydroxylation is 1. The molecule has 13 heavy (non-hydrogen) atoms. The first kappa shape index (κ1) is 10.0.